The summed E-state index contributed by atoms with van der Waals surface area (Å²) in [6, 6.07) is 5.43. The van der Waals surface area contributed by atoms with Crippen LogP contribution in [0.5, 0.6) is 5.75 Å². The third-order valence-corrected chi connectivity index (χ3v) is 5.27. The van der Waals surface area contributed by atoms with Crippen molar-refractivity contribution in [3.8, 4) is 5.75 Å². The van der Waals surface area contributed by atoms with Crippen molar-refractivity contribution in [3.05, 3.63) is 23.3 Å². The highest BCUT2D eigenvalue weighted by Crippen LogP contribution is 2.38. The molecule has 1 aromatic rings. The van der Waals surface area contributed by atoms with Crippen molar-refractivity contribution >= 4 is 11.6 Å². The number of amides is 1. The van der Waals surface area contributed by atoms with Crippen LogP contribution >= 0.6 is 0 Å². The number of hydrogen-bond donors (Lipinski definition) is 1. The van der Waals surface area contributed by atoms with Crippen LogP contribution in [0.4, 0.5) is 5.69 Å². The molecule has 24 heavy (non-hydrogen) atoms. The van der Waals surface area contributed by atoms with Crippen LogP contribution in [0.15, 0.2) is 12.1 Å². The second-order valence-corrected chi connectivity index (χ2v) is 7.49. The third-order valence-electron chi connectivity index (χ3n) is 5.27. The average molecular weight is 329 g/mol. The molecule has 1 amide bonds. The molecule has 130 valence electrons. The van der Waals surface area contributed by atoms with Crippen molar-refractivity contribution in [2.75, 3.05) is 31.1 Å². The van der Waals surface area contributed by atoms with E-state index in [9.17, 15) is 4.79 Å². The lowest BCUT2D eigenvalue weighted by Crippen LogP contribution is -2.54. The summed E-state index contributed by atoms with van der Waals surface area (Å²) in [5.74, 6) is 1.35. The van der Waals surface area contributed by atoms with Gasteiger partial charge >= 0.3 is 0 Å². The molecule has 0 radical (unpaired) electrons. The summed E-state index contributed by atoms with van der Waals surface area (Å²) < 4.78 is 5.96. The van der Waals surface area contributed by atoms with E-state index in [1.54, 1.807) is 0 Å². The van der Waals surface area contributed by atoms with E-state index in [1.165, 1.54) is 16.8 Å². The number of benzene rings is 1. The SMILES string of the molecule is C[C@@H]1CN(c2cc(CN3CCCC3=O)cc3c2OCC3)C[C@H](C)N1. The maximum absolute atomic E-state index is 12.0. The Bertz CT molecular complexity index is 636. The Labute approximate surface area is 144 Å². The number of carbonyl (C=O) groups excluding carboxylic acids is 1. The van der Waals surface area contributed by atoms with Gasteiger partial charge in [-0.05, 0) is 31.9 Å². The molecule has 0 aliphatic carbocycles. The second-order valence-electron chi connectivity index (χ2n) is 7.49. The van der Waals surface area contributed by atoms with Gasteiger partial charge in [0.2, 0.25) is 5.91 Å². The minimum Gasteiger partial charge on any atom is -0.491 e. The third kappa shape index (κ3) is 2.97. The van der Waals surface area contributed by atoms with Crippen molar-refractivity contribution in [1.82, 2.24) is 10.2 Å². The summed E-state index contributed by atoms with van der Waals surface area (Å²) in [5, 5.41) is 3.59. The molecular formula is C19H27N3O2. The van der Waals surface area contributed by atoms with Gasteiger partial charge in [0.15, 0.2) is 0 Å². The number of carbonyl (C=O) groups is 1. The van der Waals surface area contributed by atoms with Gasteiger partial charge in [-0.3, -0.25) is 4.79 Å². The van der Waals surface area contributed by atoms with Gasteiger partial charge in [-0.2, -0.15) is 0 Å². The van der Waals surface area contributed by atoms with E-state index >= 15 is 0 Å². The largest absolute Gasteiger partial charge is 0.491 e. The first-order chi connectivity index (χ1) is 11.6. The van der Waals surface area contributed by atoms with Crippen molar-refractivity contribution in [3.63, 3.8) is 0 Å². The van der Waals surface area contributed by atoms with Gasteiger partial charge in [-0.25, -0.2) is 0 Å². The van der Waals surface area contributed by atoms with Gasteiger partial charge < -0.3 is 19.9 Å². The molecule has 0 spiro atoms. The normalized spacial score (nSPS) is 26.7. The summed E-state index contributed by atoms with van der Waals surface area (Å²) in [6.07, 6.45) is 2.67. The summed E-state index contributed by atoms with van der Waals surface area (Å²) in [5.41, 5.74) is 3.75. The van der Waals surface area contributed by atoms with E-state index in [0.29, 0.717) is 18.5 Å². The first-order valence-corrected chi connectivity index (χ1v) is 9.17. The van der Waals surface area contributed by atoms with Crippen LogP contribution in [0.25, 0.3) is 0 Å². The monoisotopic (exact) mass is 329 g/mol. The fourth-order valence-electron chi connectivity index (χ4n) is 4.29. The van der Waals surface area contributed by atoms with Crippen LogP contribution in [0.2, 0.25) is 0 Å². The first-order valence-electron chi connectivity index (χ1n) is 9.17. The predicted molar refractivity (Wildman–Crippen MR) is 94.6 cm³/mol. The lowest BCUT2D eigenvalue weighted by atomic mass is 10.0. The van der Waals surface area contributed by atoms with Crippen LogP contribution in [-0.2, 0) is 17.8 Å². The summed E-state index contributed by atoms with van der Waals surface area (Å²) in [6.45, 7) is 8.84. The smallest absolute Gasteiger partial charge is 0.222 e. The molecule has 2 fully saturated rings. The second kappa shape index (κ2) is 6.28. The standard InChI is InChI=1S/C19H27N3O2/c1-13-10-22(11-14(2)20-13)17-9-15(8-16-5-7-24-19(16)17)12-21-6-3-4-18(21)23/h8-9,13-14,20H,3-7,10-12H2,1-2H3/t13-,14+. The molecule has 5 heteroatoms. The van der Waals surface area contributed by atoms with Crippen molar-refractivity contribution in [1.29, 1.82) is 0 Å². The molecule has 3 heterocycles. The number of ether oxygens (including phenoxy) is 1. The highest BCUT2D eigenvalue weighted by Gasteiger charge is 2.28. The molecular weight excluding hydrogens is 302 g/mol. The van der Waals surface area contributed by atoms with Gasteiger partial charge in [0.25, 0.3) is 0 Å². The number of rotatable bonds is 3. The molecule has 1 N–H and O–H groups in total. The van der Waals surface area contributed by atoms with Gasteiger partial charge in [0.1, 0.15) is 5.75 Å². The van der Waals surface area contributed by atoms with E-state index < -0.39 is 0 Å². The van der Waals surface area contributed by atoms with Crippen LogP contribution in [-0.4, -0.2) is 49.1 Å². The predicted octanol–water partition coefficient (Wildman–Crippen LogP) is 1.93. The Morgan fingerprint density at radius 1 is 1.21 bits per heavy atom. The topological polar surface area (TPSA) is 44.8 Å². The van der Waals surface area contributed by atoms with Crippen molar-refractivity contribution in [2.24, 2.45) is 0 Å². The molecule has 0 bridgehead atoms. The van der Waals surface area contributed by atoms with Crippen molar-refractivity contribution in [2.45, 2.75) is 51.7 Å². The van der Waals surface area contributed by atoms with E-state index in [2.05, 4.69) is 36.2 Å². The lowest BCUT2D eigenvalue weighted by molar-refractivity contribution is -0.128. The van der Waals surface area contributed by atoms with Gasteiger partial charge in [0.05, 0.1) is 12.3 Å². The molecule has 3 aliphatic rings. The number of anilines is 1. The Hall–Kier alpha value is -1.75. The van der Waals surface area contributed by atoms with E-state index in [0.717, 1.165) is 51.4 Å². The van der Waals surface area contributed by atoms with Crippen LogP contribution < -0.4 is 15.0 Å². The molecule has 3 aliphatic heterocycles. The zero-order valence-electron chi connectivity index (χ0n) is 14.7. The van der Waals surface area contributed by atoms with E-state index in [-0.39, 0.29) is 5.91 Å². The molecule has 2 saturated heterocycles. The van der Waals surface area contributed by atoms with Gasteiger partial charge in [-0.1, -0.05) is 6.07 Å². The highest BCUT2D eigenvalue weighted by molar-refractivity contribution is 5.78. The highest BCUT2D eigenvalue weighted by atomic mass is 16.5. The minimum atomic E-state index is 0.290. The number of hydrogen-bond acceptors (Lipinski definition) is 4. The number of fused-ring (bicyclic) bond motifs is 1. The number of piperazine rings is 1. The molecule has 5 nitrogen and oxygen atoms in total. The maximum Gasteiger partial charge on any atom is 0.222 e. The Balaban J connectivity index is 1.64. The maximum atomic E-state index is 12.0. The molecule has 0 unspecified atom stereocenters. The fraction of sp³-hybridized carbons (Fsp3) is 0.632. The molecule has 0 saturated carbocycles. The summed E-state index contributed by atoms with van der Waals surface area (Å²) >= 11 is 0. The molecule has 2 atom stereocenters. The summed E-state index contributed by atoms with van der Waals surface area (Å²) in [7, 11) is 0. The van der Waals surface area contributed by atoms with Gasteiger partial charge in [-0.15, -0.1) is 0 Å². The van der Waals surface area contributed by atoms with E-state index in [1.807, 2.05) is 4.90 Å². The lowest BCUT2D eigenvalue weighted by Gasteiger charge is -2.38. The Morgan fingerprint density at radius 3 is 2.71 bits per heavy atom. The summed E-state index contributed by atoms with van der Waals surface area (Å²) in [4.78, 5) is 16.4. The molecule has 1 aromatic carbocycles. The fourth-order valence-corrected chi connectivity index (χ4v) is 4.29. The first kappa shape index (κ1) is 15.8. The number of nitrogens with one attached hydrogen (secondary N) is 1. The number of likely N-dealkylation sites (tertiary alicyclic amines) is 1. The quantitative estimate of drug-likeness (QED) is 0.920. The van der Waals surface area contributed by atoms with Crippen LogP contribution in [0.3, 0.4) is 0 Å². The van der Waals surface area contributed by atoms with E-state index in [4.69, 9.17) is 4.74 Å². The van der Waals surface area contributed by atoms with Crippen LogP contribution in [0, 0.1) is 0 Å². The zero-order chi connectivity index (χ0) is 16.7. The van der Waals surface area contributed by atoms with Crippen LogP contribution in [0.1, 0.15) is 37.8 Å². The average Bonchev–Trinajstić information content (AvgIpc) is 3.15. The minimum absolute atomic E-state index is 0.290. The molecule has 0 aromatic heterocycles. The van der Waals surface area contributed by atoms with Gasteiger partial charge in [0, 0.05) is 56.7 Å². The van der Waals surface area contributed by atoms with Crippen molar-refractivity contribution < 1.29 is 9.53 Å². The number of nitrogens with zero attached hydrogens (tertiary/aromatic N) is 2. The zero-order valence-corrected chi connectivity index (χ0v) is 14.7. The molecule has 4 rings (SSSR count). The Kier molecular flexibility index (Phi) is 4.12. The Morgan fingerprint density at radius 2 is 2.00 bits per heavy atom.